The van der Waals surface area contributed by atoms with Gasteiger partial charge in [-0.3, -0.25) is 4.90 Å². The summed E-state index contributed by atoms with van der Waals surface area (Å²) in [5.74, 6) is 2.00. The van der Waals surface area contributed by atoms with Crippen molar-refractivity contribution >= 4 is 11.3 Å². The minimum absolute atomic E-state index is 0.239. The number of halogens is 1. The molecule has 0 bridgehead atoms. The minimum Gasteiger partial charge on any atom is -0.457 e. The van der Waals surface area contributed by atoms with Gasteiger partial charge in [-0.1, -0.05) is 18.2 Å². The fourth-order valence-corrected chi connectivity index (χ4v) is 5.69. The Balaban J connectivity index is 1.27. The first-order chi connectivity index (χ1) is 18.1. The Morgan fingerprint density at radius 3 is 2.43 bits per heavy atom. The molecule has 1 saturated heterocycles. The fraction of sp³-hybridized carbons (Fsp3) is 0.393. The Labute approximate surface area is 215 Å². The lowest BCUT2D eigenvalue weighted by Crippen LogP contribution is -2.49. The van der Waals surface area contributed by atoms with Crippen LogP contribution in [-0.4, -0.2) is 68.7 Å². The largest absolute Gasteiger partial charge is 0.457 e. The molecule has 1 saturated carbocycles. The number of benzene rings is 2. The van der Waals surface area contributed by atoms with Crippen LogP contribution in [0.25, 0.3) is 16.8 Å². The summed E-state index contributed by atoms with van der Waals surface area (Å²) in [4.78, 5) is 14.2. The van der Waals surface area contributed by atoms with Crippen LogP contribution in [-0.2, 0) is 0 Å². The van der Waals surface area contributed by atoms with E-state index < -0.39 is 5.82 Å². The number of hydrogen-bond acceptors (Lipinski definition) is 7. The van der Waals surface area contributed by atoms with Crippen molar-refractivity contribution in [2.45, 2.75) is 37.6 Å². The molecule has 3 heterocycles. The van der Waals surface area contributed by atoms with Crippen LogP contribution < -0.4 is 10.5 Å². The number of hydrogen-bond donors (Lipinski definition) is 1. The van der Waals surface area contributed by atoms with E-state index in [0.717, 1.165) is 57.7 Å². The topological polar surface area (TPSA) is 84.8 Å². The van der Waals surface area contributed by atoms with Gasteiger partial charge in [0.05, 0.1) is 0 Å². The first kappa shape index (κ1) is 23.8. The summed E-state index contributed by atoms with van der Waals surface area (Å²) in [5, 5.41) is 4.48. The Kier molecular flexibility index (Phi) is 6.48. The molecule has 6 rings (SSSR count). The zero-order chi connectivity index (χ0) is 25.4. The highest BCUT2D eigenvalue weighted by Gasteiger charge is 2.32. The molecule has 2 aliphatic rings. The zero-order valence-electron chi connectivity index (χ0n) is 21.1. The molecule has 0 unspecified atom stereocenters. The molecule has 0 spiro atoms. The summed E-state index contributed by atoms with van der Waals surface area (Å²) in [5.41, 5.74) is 7.66. The molecule has 2 N–H and O–H groups in total. The van der Waals surface area contributed by atoms with Gasteiger partial charge in [-0.25, -0.2) is 18.9 Å². The second-order valence-corrected chi connectivity index (χ2v) is 10.1. The number of imidazole rings is 1. The quantitative estimate of drug-likeness (QED) is 0.429. The normalized spacial score (nSPS) is 21.4. The lowest BCUT2D eigenvalue weighted by atomic mass is 9.84. The third-order valence-corrected chi connectivity index (χ3v) is 7.78. The number of ether oxygens (including phenoxy) is 1. The smallest absolute Gasteiger partial charge is 0.153 e. The lowest BCUT2D eigenvalue weighted by molar-refractivity contribution is 0.0872. The van der Waals surface area contributed by atoms with Gasteiger partial charge in [0.25, 0.3) is 0 Å². The fourth-order valence-electron chi connectivity index (χ4n) is 5.69. The van der Waals surface area contributed by atoms with Gasteiger partial charge in [0.15, 0.2) is 5.82 Å². The number of nitrogens with two attached hydrogens (primary N) is 1. The molecule has 0 atom stereocenters. The van der Waals surface area contributed by atoms with E-state index in [1.807, 2.05) is 30.3 Å². The Hall–Kier alpha value is -3.56. The number of piperazine rings is 1. The molecule has 9 heteroatoms. The van der Waals surface area contributed by atoms with Crippen LogP contribution in [0, 0.1) is 5.82 Å². The zero-order valence-corrected chi connectivity index (χ0v) is 21.1. The van der Waals surface area contributed by atoms with E-state index in [0.29, 0.717) is 40.1 Å². The highest BCUT2D eigenvalue weighted by atomic mass is 19.1. The molecule has 1 aliphatic carbocycles. The molecule has 192 valence electrons. The van der Waals surface area contributed by atoms with Gasteiger partial charge in [-0.15, -0.1) is 0 Å². The Morgan fingerprint density at radius 2 is 1.70 bits per heavy atom. The molecule has 0 amide bonds. The van der Waals surface area contributed by atoms with Crippen molar-refractivity contribution in [2.75, 3.05) is 39.0 Å². The van der Waals surface area contributed by atoms with Crippen LogP contribution in [0.4, 0.5) is 10.2 Å². The van der Waals surface area contributed by atoms with Gasteiger partial charge in [-0.05, 0) is 57.0 Å². The van der Waals surface area contributed by atoms with Gasteiger partial charge in [0.1, 0.15) is 40.7 Å². The molecule has 2 aromatic carbocycles. The molecular weight excluding hydrogens is 469 g/mol. The maximum absolute atomic E-state index is 15.4. The van der Waals surface area contributed by atoms with E-state index in [2.05, 4.69) is 26.9 Å². The van der Waals surface area contributed by atoms with Gasteiger partial charge in [0.2, 0.25) is 0 Å². The van der Waals surface area contributed by atoms with Crippen LogP contribution >= 0.6 is 0 Å². The third kappa shape index (κ3) is 4.76. The number of para-hydroxylation sites is 1. The standard InChI is InChI=1S/C28H32FN7O/c1-34-13-15-35(16-14-34)20-9-7-19(8-10-20)28-33-25(26-27(30)31-18-32-36(26)28)23-12-11-22(17-24(23)29)37-21-5-3-2-4-6-21/h2-6,11-12,17-20H,7-10,13-16H2,1H3,(H2,30,31,32)/t19-,20-. The van der Waals surface area contributed by atoms with Crippen molar-refractivity contribution in [2.24, 2.45) is 0 Å². The number of aromatic nitrogens is 4. The van der Waals surface area contributed by atoms with Crippen molar-refractivity contribution < 1.29 is 9.13 Å². The number of rotatable bonds is 5. The van der Waals surface area contributed by atoms with Crippen LogP contribution in [0.3, 0.4) is 0 Å². The molecule has 37 heavy (non-hydrogen) atoms. The summed E-state index contributed by atoms with van der Waals surface area (Å²) >= 11 is 0. The van der Waals surface area contributed by atoms with E-state index in [-0.39, 0.29) is 5.92 Å². The maximum atomic E-state index is 15.4. The van der Waals surface area contributed by atoms with E-state index >= 15 is 4.39 Å². The van der Waals surface area contributed by atoms with Crippen LogP contribution in [0.2, 0.25) is 0 Å². The lowest BCUT2D eigenvalue weighted by Gasteiger charge is -2.40. The van der Waals surface area contributed by atoms with Gasteiger partial charge < -0.3 is 15.4 Å². The summed E-state index contributed by atoms with van der Waals surface area (Å²) in [7, 11) is 2.19. The van der Waals surface area contributed by atoms with E-state index in [1.54, 1.807) is 16.6 Å². The van der Waals surface area contributed by atoms with E-state index in [4.69, 9.17) is 15.5 Å². The van der Waals surface area contributed by atoms with Crippen molar-refractivity contribution in [3.05, 3.63) is 66.5 Å². The Morgan fingerprint density at radius 1 is 0.946 bits per heavy atom. The highest BCUT2D eigenvalue weighted by Crippen LogP contribution is 2.39. The summed E-state index contributed by atoms with van der Waals surface area (Å²) in [6, 6.07) is 14.8. The van der Waals surface area contributed by atoms with Crippen LogP contribution in [0.15, 0.2) is 54.9 Å². The third-order valence-electron chi connectivity index (χ3n) is 7.78. The molecular formula is C28H32FN7O. The number of nitrogen functional groups attached to an aromatic ring is 1. The van der Waals surface area contributed by atoms with E-state index in [9.17, 15) is 0 Å². The average molecular weight is 502 g/mol. The van der Waals surface area contributed by atoms with Gasteiger partial charge in [-0.2, -0.15) is 5.10 Å². The molecule has 0 radical (unpaired) electrons. The van der Waals surface area contributed by atoms with Crippen molar-refractivity contribution in [1.82, 2.24) is 29.4 Å². The monoisotopic (exact) mass is 501 g/mol. The van der Waals surface area contributed by atoms with Crippen molar-refractivity contribution in [3.8, 4) is 22.8 Å². The predicted molar refractivity (Wildman–Crippen MR) is 141 cm³/mol. The van der Waals surface area contributed by atoms with Gasteiger partial charge >= 0.3 is 0 Å². The average Bonchev–Trinajstić information content (AvgIpc) is 3.31. The molecule has 8 nitrogen and oxygen atoms in total. The highest BCUT2D eigenvalue weighted by molar-refractivity contribution is 5.85. The summed E-state index contributed by atoms with van der Waals surface area (Å²) in [6.07, 6.45) is 5.73. The van der Waals surface area contributed by atoms with Crippen molar-refractivity contribution in [3.63, 3.8) is 0 Å². The van der Waals surface area contributed by atoms with E-state index in [1.165, 1.54) is 12.4 Å². The molecule has 2 aromatic heterocycles. The van der Waals surface area contributed by atoms with Crippen LogP contribution in [0.1, 0.15) is 37.4 Å². The summed E-state index contributed by atoms with van der Waals surface area (Å²) in [6.45, 7) is 4.53. The number of anilines is 1. The SMILES string of the molecule is CN1CCN([C@H]2CC[C@H](c3nc(-c4ccc(Oc5ccccc5)cc4F)c4c(N)ncnn43)CC2)CC1. The van der Waals surface area contributed by atoms with Gasteiger partial charge in [0, 0.05) is 49.8 Å². The second-order valence-electron chi connectivity index (χ2n) is 10.1. The number of fused-ring (bicyclic) bond motifs is 1. The van der Waals surface area contributed by atoms with Crippen molar-refractivity contribution in [1.29, 1.82) is 0 Å². The Bertz CT molecular complexity index is 1380. The maximum Gasteiger partial charge on any atom is 0.153 e. The first-order valence-electron chi connectivity index (χ1n) is 13.0. The first-order valence-corrected chi connectivity index (χ1v) is 13.0. The second kappa shape index (κ2) is 10.1. The minimum atomic E-state index is -0.429. The molecule has 4 aromatic rings. The summed E-state index contributed by atoms with van der Waals surface area (Å²) < 4.78 is 23.0. The molecule has 1 aliphatic heterocycles. The number of nitrogens with zero attached hydrogens (tertiary/aromatic N) is 6. The predicted octanol–water partition coefficient (Wildman–Crippen LogP) is 4.58. The number of likely N-dealkylation sites (N-methyl/N-ethyl adjacent to an activating group) is 1. The molecule has 2 fully saturated rings. The van der Waals surface area contributed by atoms with Crippen LogP contribution in [0.5, 0.6) is 11.5 Å².